The third kappa shape index (κ3) is 4.37. The summed E-state index contributed by atoms with van der Waals surface area (Å²) >= 11 is 1.07. The van der Waals surface area contributed by atoms with E-state index in [9.17, 15) is 9.59 Å². The maximum atomic E-state index is 11.6. The van der Waals surface area contributed by atoms with Gasteiger partial charge < -0.3 is 15.2 Å². The van der Waals surface area contributed by atoms with Gasteiger partial charge in [0.15, 0.2) is 6.10 Å². The number of rotatable bonds is 6. The standard InChI is InChI=1S/C12H17NO4S/c1-7(2)5-13-11(14)8(3)17-9-4-10(12(15)16)18-6-9/h4,6-8H,5H2,1-3H3,(H,13,14)(H,15,16). The second-order valence-electron chi connectivity index (χ2n) is 4.35. The normalized spacial score (nSPS) is 12.2. The van der Waals surface area contributed by atoms with Gasteiger partial charge in [0.05, 0.1) is 0 Å². The largest absolute Gasteiger partial charge is 0.480 e. The number of nitrogens with one attached hydrogen (secondary N) is 1. The highest BCUT2D eigenvalue weighted by molar-refractivity contribution is 7.12. The van der Waals surface area contributed by atoms with Crippen molar-refractivity contribution in [2.75, 3.05) is 6.54 Å². The predicted octanol–water partition coefficient (Wildman–Crippen LogP) is 1.99. The number of carbonyl (C=O) groups is 2. The molecule has 1 unspecified atom stereocenters. The van der Waals surface area contributed by atoms with Crippen LogP contribution in [-0.4, -0.2) is 29.6 Å². The molecule has 1 atom stereocenters. The fourth-order valence-electron chi connectivity index (χ4n) is 1.20. The maximum Gasteiger partial charge on any atom is 0.346 e. The average molecular weight is 271 g/mol. The van der Waals surface area contributed by atoms with Crippen LogP contribution in [0.5, 0.6) is 5.75 Å². The van der Waals surface area contributed by atoms with Crippen LogP contribution >= 0.6 is 11.3 Å². The van der Waals surface area contributed by atoms with Gasteiger partial charge in [-0.3, -0.25) is 4.79 Å². The lowest BCUT2D eigenvalue weighted by atomic mass is 10.2. The zero-order valence-electron chi connectivity index (χ0n) is 10.6. The topological polar surface area (TPSA) is 75.6 Å². The van der Waals surface area contributed by atoms with E-state index < -0.39 is 12.1 Å². The fraction of sp³-hybridized carbons (Fsp3) is 0.500. The van der Waals surface area contributed by atoms with E-state index in [2.05, 4.69) is 5.32 Å². The first kappa shape index (κ1) is 14.5. The molecule has 0 aliphatic heterocycles. The third-order valence-electron chi connectivity index (χ3n) is 2.15. The Morgan fingerprint density at radius 1 is 1.44 bits per heavy atom. The lowest BCUT2D eigenvalue weighted by Gasteiger charge is -2.14. The number of hydrogen-bond acceptors (Lipinski definition) is 4. The minimum atomic E-state index is -0.994. The first-order valence-electron chi connectivity index (χ1n) is 5.66. The molecule has 0 aromatic carbocycles. The highest BCUT2D eigenvalue weighted by atomic mass is 32.1. The molecule has 18 heavy (non-hydrogen) atoms. The molecule has 2 N–H and O–H groups in total. The van der Waals surface area contributed by atoms with E-state index in [1.54, 1.807) is 12.3 Å². The molecular formula is C12H17NO4S. The van der Waals surface area contributed by atoms with Crippen LogP contribution in [0.4, 0.5) is 0 Å². The van der Waals surface area contributed by atoms with Gasteiger partial charge >= 0.3 is 5.97 Å². The van der Waals surface area contributed by atoms with Crippen molar-refractivity contribution < 1.29 is 19.4 Å². The maximum absolute atomic E-state index is 11.6. The SMILES string of the molecule is CC(C)CNC(=O)C(C)Oc1csc(C(=O)O)c1. The first-order valence-corrected chi connectivity index (χ1v) is 6.54. The molecule has 1 heterocycles. The molecule has 100 valence electrons. The molecule has 5 nitrogen and oxygen atoms in total. The number of carbonyl (C=O) groups excluding carboxylic acids is 1. The van der Waals surface area contributed by atoms with Crippen molar-refractivity contribution in [2.24, 2.45) is 5.92 Å². The van der Waals surface area contributed by atoms with Gasteiger partial charge in [-0.2, -0.15) is 0 Å². The third-order valence-corrected chi connectivity index (χ3v) is 3.05. The van der Waals surface area contributed by atoms with Gasteiger partial charge in [-0.05, 0) is 12.8 Å². The number of aromatic carboxylic acids is 1. The second-order valence-corrected chi connectivity index (χ2v) is 5.26. The van der Waals surface area contributed by atoms with Gasteiger partial charge in [0, 0.05) is 18.0 Å². The molecule has 1 rings (SSSR count). The summed E-state index contributed by atoms with van der Waals surface area (Å²) in [6.45, 7) is 6.23. The van der Waals surface area contributed by atoms with Gasteiger partial charge in [0.25, 0.3) is 5.91 Å². The Morgan fingerprint density at radius 3 is 2.61 bits per heavy atom. The molecule has 0 aliphatic rings. The minimum absolute atomic E-state index is 0.194. The van der Waals surface area contributed by atoms with Gasteiger partial charge in [0.1, 0.15) is 10.6 Å². The van der Waals surface area contributed by atoms with Crippen LogP contribution in [0.15, 0.2) is 11.4 Å². The van der Waals surface area contributed by atoms with Gasteiger partial charge in [-0.25, -0.2) is 4.79 Å². The van der Waals surface area contributed by atoms with Crippen LogP contribution < -0.4 is 10.1 Å². The molecule has 0 saturated carbocycles. The van der Waals surface area contributed by atoms with Crippen LogP contribution in [0.2, 0.25) is 0 Å². The summed E-state index contributed by atoms with van der Waals surface area (Å²) < 4.78 is 5.37. The molecule has 1 amide bonds. The van der Waals surface area contributed by atoms with Gasteiger partial charge in [-0.15, -0.1) is 11.3 Å². The fourth-order valence-corrected chi connectivity index (χ4v) is 1.85. The van der Waals surface area contributed by atoms with Crippen LogP contribution in [-0.2, 0) is 4.79 Å². The van der Waals surface area contributed by atoms with Gasteiger partial charge in [0.2, 0.25) is 0 Å². The molecule has 1 aromatic heterocycles. The van der Waals surface area contributed by atoms with Crippen LogP contribution in [0.3, 0.4) is 0 Å². The Balaban J connectivity index is 2.50. The van der Waals surface area contributed by atoms with Crippen molar-refractivity contribution in [3.63, 3.8) is 0 Å². The summed E-state index contributed by atoms with van der Waals surface area (Å²) in [5.41, 5.74) is 0. The molecule has 0 radical (unpaired) electrons. The monoisotopic (exact) mass is 271 g/mol. The molecule has 6 heteroatoms. The number of ether oxygens (including phenoxy) is 1. The van der Waals surface area contributed by atoms with Crippen molar-refractivity contribution in [3.05, 3.63) is 16.3 Å². The Kier molecular flexibility index (Phi) is 5.15. The lowest BCUT2D eigenvalue weighted by Crippen LogP contribution is -2.38. The van der Waals surface area contributed by atoms with Crippen molar-refractivity contribution in [2.45, 2.75) is 26.9 Å². The van der Waals surface area contributed by atoms with E-state index >= 15 is 0 Å². The smallest absolute Gasteiger partial charge is 0.346 e. The lowest BCUT2D eigenvalue weighted by molar-refractivity contribution is -0.127. The van der Waals surface area contributed by atoms with E-state index in [0.29, 0.717) is 18.2 Å². The Hall–Kier alpha value is -1.56. The van der Waals surface area contributed by atoms with Crippen LogP contribution in [0.1, 0.15) is 30.4 Å². The summed E-state index contributed by atoms with van der Waals surface area (Å²) in [5, 5.41) is 13.1. The highest BCUT2D eigenvalue weighted by Gasteiger charge is 2.16. The molecule has 0 saturated heterocycles. The Morgan fingerprint density at radius 2 is 2.11 bits per heavy atom. The second kappa shape index (κ2) is 6.39. The van der Waals surface area contributed by atoms with E-state index in [1.165, 1.54) is 6.07 Å². The molecule has 0 fully saturated rings. The van der Waals surface area contributed by atoms with Gasteiger partial charge in [-0.1, -0.05) is 13.8 Å². The molecule has 0 aliphatic carbocycles. The number of hydrogen-bond donors (Lipinski definition) is 2. The Bertz CT molecular complexity index is 427. The van der Waals surface area contributed by atoms with Crippen molar-refractivity contribution in [1.82, 2.24) is 5.32 Å². The van der Waals surface area contributed by atoms with E-state index in [4.69, 9.17) is 9.84 Å². The number of amides is 1. The van der Waals surface area contributed by atoms with Crippen LogP contribution in [0.25, 0.3) is 0 Å². The number of carboxylic acids is 1. The summed E-state index contributed by atoms with van der Waals surface area (Å²) in [6.07, 6.45) is -0.639. The van der Waals surface area contributed by atoms with Crippen LogP contribution in [0, 0.1) is 5.92 Å². The zero-order chi connectivity index (χ0) is 13.7. The van der Waals surface area contributed by atoms with Crippen molar-refractivity contribution >= 4 is 23.2 Å². The van der Waals surface area contributed by atoms with Crippen molar-refractivity contribution in [3.8, 4) is 5.75 Å². The number of thiophene rings is 1. The van der Waals surface area contributed by atoms with E-state index in [-0.39, 0.29) is 10.8 Å². The van der Waals surface area contributed by atoms with E-state index in [0.717, 1.165) is 11.3 Å². The summed E-state index contributed by atoms with van der Waals surface area (Å²) in [6, 6.07) is 1.42. The minimum Gasteiger partial charge on any atom is -0.480 e. The summed E-state index contributed by atoms with van der Waals surface area (Å²) in [7, 11) is 0. The average Bonchev–Trinajstić information content (AvgIpc) is 2.74. The summed E-state index contributed by atoms with van der Waals surface area (Å²) in [4.78, 5) is 22.5. The Labute approximate surface area is 110 Å². The molecule has 1 aromatic rings. The quantitative estimate of drug-likeness (QED) is 0.829. The predicted molar refractivity (Wildman–Crippen MR) is 69.2 cm³/mol. The molecule has 0 bridgehead atoms. The molecular weight excluding hydrogens is 254 g/mol. The molecule has 0 spiro atoms. The zero-order valence-corrected chi connectivity index (χ0v) is 11.4. The summed E-state index contributed by atoms with van der Waals surface area (Å²) in [5.74, 6) is -0.413. The van der Waals surface area contributed by atoms with Crippen molar-refractivity contribution in [1.29, 1.82) is 0 Å². The highest BCUT2D eigenvalue weighted by Crippen LogP contribution is 2.22. The first-order chi connectivity index (χ1) is 8.40. The number of carboxylic acid groups (broad SMARTS) is 1. The van der Waals surface area contributed by atoms with E-state index in [1.807, 2.05) is 13.8 Å².